The third-order valence-electron chi connectivity index (χ3n) is 2.28. The molecule has 0 radical (unpaired) electrons. The number of nitrogens with zero attached hydrogens (tertiary/aromatic N) is 3. The van der Waals surface area contributed by atoms with Crippen molar-refractivity contribution in [1.82, 2.24) is 0 Å². The van der Waals surface area contributed by atoms with Crippen LogP contribution in [-0.4, -0.2) is 12.1 Å². The van der Waals surface area contributed by atoms with Crippen molar-refractivity contribution in [2.24, 2.45) is 11.0 Å². The minimum Gasteiger partial charge on any atom is -0.287 e. The number of hydrogen-bond donors (Lipinski definition) is 0. The second kappa shape index (κ2) is 4.35. The molecule has 7 heteroatoms. The number of carbonyl (C=O) groups excluding carboxylic acids is 1. The van der Waals surface area contributed by atoms with Gasteiger partial charge in [0.1, 0.15) is 0 Å². The molecule has 0 saturated heterocycles. The predicted molar refractivity (Wildman–Crippen MR) is 45.6 cm³/mol. The van der Waals surface area contributed by atoms with E-state index in [0.717, 1.165) is 0 Å². The van der Waals surface area contributed by atoms with E-state index in [0.29, 0.717) is 0 Å². The molecule has 0 spiro atoms. The molecule has 82 valence electrons. The molecular formula is C8H8F3N3O. The summed E-state index contributed by atoms with van der Waals surface area (Å²) in [6.07, 6.45) is -3.34. The average molecular weight is 219 g/mol. The van der Waals surface area contributed by atoms with Crippen LogP contribution in [0, 0.1) is 5.92 Å². The van der Waals surface area contributed by atoms with Crippen LogP contribution >= 0.6 is 0 Å². The van der Waals surface area contributed by atoms with Crippen molar-refractivity contribution in [3.8, 4) is 0 Å². The largest absolute Gasteiger partial charge is 0.392 e. The van der Waals surface area contributed by atoms with E-state index in [-0.39, 0.29) is 24.8 Å². The standard InChI is InChI=1S/C8H8F3N3O/c9-8(10,11)6-3-1-5(2-4-6)7(15)13-14-12/h1,6H,2-4H2. The minimum atomic E-state index is -4.22. The zero-order valence-corrected chi connectivity index (χ0v) is 7.66. The van der Waals surface area contributed by atoms with Crippen LogP contribution in [0.4, 0.5) is 13.2 Å². The van der Waals surface area contributed by atoms with Crippen LogP contribution in [0.3, 0.4) is 0 Å². The molecule has 0 aliphatic heterocycles. The van der Waals surface area contributed by atoms with E-state index in [9.17, 15) is 18.0 Å². The van der Waals surface area contributed by atoms with Crippen molar-refractivity contribution >= 4 is 5.91 Å². The Hall–Kier alpha value is -1.49. The fourth-order valence-corrected chi connectivity index (χ4v) is 1.43. The van der Waals surface area contributed by atoms with Crippen LogP contribution in [0.15, 0.2) is 16.8 Å². The molecule has 0 fully saturated rings. The molecule has 15 heavy (non-hydrogen) atoms. The van der Waals surface area contributed by atoms with Crippen molar-refractivity contribution in [1.29, 1.82) is 0 Å². The van der Waals surface area contributed by atoms with Crippen LogP contribution in [0.1, 0.15) is 19.3 Å². The lowest BCUT2D eigenvalue weighted by Crippen LogP contribution is -2.25. The molecule has 1 aliphatic rings. The number of azide groups is 1. The van der Waals surface area contributed by atoms with Crippen molar-refractivity contribution in [3.05, 3.63) is 22.1 Å². The number of amides is 1. The monoisotopic (exact) mass is 219 g/mol. The van der Waals surface area contributed by atoms with Gasteiger partial charge < -0.3 is 0 Å². The molecule has 0 saturated carbocycles. The van der Waals surface area contributed by atoms with E-state index >= 15 is 0 Å². The van der Waals surface area contributed by atoms with Crippen molar-refractivity contribution in [2.75, 3.05) is 0 Å². The SMILES string of the molecule is [N-]=[N+]=NC(=O)C1=CCC(C(F)(F)F)CC1. The molecule has 0 aromatic rings. The van der Waals surface area contributed by atoms with Crippen molar-refractivity contribution < 1.29 is 18.0 Å². The van der Waals surface area contributed by atoms with E-state index in [1.165, 1.54) is 6.08 Å². The summed E-state index contributed by atoms with van der Waals surface area (Å²) < 4.78 is 36.7. The van der Waals surface area contributed by atoms with Crippen LogP contribution in [0.2, 0.25) is 0 Å². The highest BCUT2D eigenvalue weighted by molar-refractivity contribution is 5.94. The Labute approximate surface area is 83.4 Å². The van der Waals surface area contributed by atoms with Gasteiger partial charge in [-0.05, 0) is 35.5 Å². The van der Waals surface area contributed by atoms with E-state index in [2.05, 4.69) is 10.0 Å². The zero-order chi connectivity index (χ0) is 11.5. The lowest BCUT2D eigenvalue weighted by Gasteiger charge is -2.22. The number of hydrogen-bond acceptors (Lipinski definition) is 1. The van der Waals surface area contributed by atoms with Gasteiger partial charge in [0.2, 0.25) is 5.91 Å². The molecule has 0 aromatic carbocycles. The Bertz CT molecular complexity index is 342. The molecule has 1 atom stereocenters. The summed E-state index contributed by atoms with van der Waals surface area (Å²) in [4.78, 5) is 13.3. The molecular weight excluding hydrogens is 211 g/mol. The van der Waals surface area contributed by atoms with Gasteiger partial charge in [0.15, 0.2) is 0 Å². The topological polar surface area (TPSA) is 65.8 Å². The maximum absolute atomic E-state index is 12.2. The Morgan fingerprint density at radius 3 is 2.67 bits per heavy atom. The fraction of sp³-hybridized carbons (Fsp3) is 0.625. The molecule has 0 N–H and O–H groups in total. The summed E-state index contributed by atoms with van der Waals surface area (Å²) in [5.74, 6) is -2.17. The highest BCUT2D eigenvalue weighted by Gasteiger charge is 2.40. The molecule has 0 aromatic heterocycles. The van der Waals surface area contributed by atoms with Gasteiger partial charge >= 0.3 is 6.18 Å². The highest BCUT2D eigenvalue weighted by Crippen LogP contribution is 2.36. The van der Waals surface area contributed by atoms with Crippen LogP contribution < -0.4 is 0 Å². The van der Waals surface area contributed by atoms with E-state index in [1.54, 1.807) is 0 Å². The van der Waals surface area contributed by atoms with Crippen molar-refractivity contribution in [2.45, 2.75) is 25.4 Å². The van der Waals surface area contributed by atoms with Gasteiger partial charge in [0.05, 0.1) is 5.92 Å². The number of rotatable bonds is 1. The first-order valence-electron chi connectivity index (χ1n) is 4.30. The first-order chi connectivity index (χ1) is 6.95. The summed E-state index contributed by atoms with van der Waals surface area (Å²) >= 11 is 0. The van der Waals surface area contributed by atoms with Gasteiger partial charge in [0.25, 0.3) is 0 Å². The smallest absolute Gasteiger partial charge is 0.287 e. The van der Waals surface area contributed by atoms with Gasteiger partial charge in [-0.2, -0.15) is 13.2 Å². The first kappa shape index (κ1) is 11.6. The van der Waals surface area contributed by atoms with Gasteiger partial charge in [-0.1, -0.05) is 6.08 Å². The fourth-order valence-electron chi connectivity index (χ4n) is 1.43. The number of carbonyl (C=O) groups is 1. The minimum absolute atomic E-state index is 0.0159. The van der Waals surface area contributed by atoms with Gasteiger partial charge in [-0.25, -0.2) is 0 Å². The number of halogens is 3. The maximum Gasteiger partial charge on any atom is 0.392 e. The Morgan fingerprint density at radius 2 is 2.27 bits per heavy atom. The highest BCUT2D eigenvalue weighted by atomic mass is 19.4. The summed E-state index contributed by atoms with van der Waals surface area (Å²) in [7, 11) is 0. The summed E-state index contributed by atoms with van der Waals surface area (Å²) in [6.45, 7) is 0. The molecule has 1 unspecified atom stereocenters. The normalized spacial score (nSPS) is 21.5. The van der Waals surface area contributed by atoms with Gasteiger partial charge in [-0.3, -0.25) is 4.79 Å². The third kappa shape index (κ3) is 2.99. The third-order valence-corrected chi connectivity index (χ3v) is 2.28. The van der Waals surface area contributed by atoms with Crippen LogP contribution in [0.25, 0.3) is 10.4 Å². The second-order valence-corrected chi connectivity index (χ2v) is 3.24. The van der Waals surface area contributed by atoms with Gasteiger partial charge in [0, 0.05) is 4.91 Å². The molecule has 0 heterocycles. The lowest BCUT2D eigenvalue weighted by atomic mass is 9.89. The molecule has 4 nitrogen and oxygen atoms in total. The Kier molecular flexibility index (Phi) is 3.36. The molecule has 1 aliphatic carbocycles. The van der Waals surface area contributed by atoms with Crippen LogP contribution in [-0.2, 0) is 4.79 Å². The Balaban J connectivity index is 2.67. The quantitative estimate of drug-likeness (QED) is 0.379. The molecule has 0 bridgehead atoms. The Morgan fingerprint density at radius 1 is 1.60 bits per heavy atom. The van der Waals surface area contributed by atoms with Crippen molar-refractivity contribution in [3.63, 3.8) is 0 Å². The van der Waals surface area contributed by atoms with E-state index in [1.807, 2.05) is 0 Å². The maximum atomic E-state index is 12.2. The summed E-state index contributed by atoms with van der Waals surface area (Å²) in [6, 6.07) is 0. The zero-order valence-electron chi connectivity index (χ0n) is 7.66. The van der Waals surface area contributed by atoms with E-state index in [4.69, 9.17) is 5.53 Å². The van der Waals surface area contributed by atoms with Crippen LogP contribution in [0.5, 0.6) is 0 Å². The number of allylic oxidation sites excluding steroid dienone is 1. The summed E-state index contributed by atoms with van der Waals surface area (Å²) in [5, 5.41) is 2.83. The molecule has 1 rings (SSSR count). The van der Waals surface area contributed by atoms with Gasteiger partial charge in [-0.15, -0.1) is 0 Å². The first-order valence-corrected chi connectivity index (χ1v) is 4.30. The second-order valence-electron chi connectivity index (χ2n) is 3.24. The predicted octanol–water partition coefficient (Wildman–Crippen LogP) is 3.11. The molecule has 1 amide bonds. The average Bonchev–Trinajstić information content (AvgIpc) is 2.17. The summed E-state index contributed by atoms with van der Waals surface area (Å²) in [5.41, 5.74) is 8.15. The van der Waals surface area contributed by atoms with E-state index < -0.39 is 18.0 Å². The number of alkyl halides is 3. The lowest BCUT2D eigenvalue weighted by molar-refractivity contribution is -0.176.